The molecule has 3 saturated heterocycles. The minimum Gasteiger partial charge on any atom is -0.482 e. The van der Waals surface area contributed by atoms with Gasteiger partial charge in [0.1, 0.15) is 57.1 Å². The number of likely N-dealkylation sites (N-methyl/N-ethyl adjacent to an activating group) is 1. The number of nitrogens with one attached hydrogen (secondary N) is 2. The highest BCUT2D eigenvalue weighted by Crippen LogP contribution is 2.64. The molecule has 392 valence electrons. The summed E-state index contributed by atoms with van der Waals surface area (Å²) >= 11 is 13.6. The maximum Gasteiger partial charge on any atom is 0.264 e. The van der Waals surface area contributed by atoms with E-state index >= 15 is 0 Å². The summed E-state index contributed by atoms with van der Waals surface area (Å²) < 4.78 is 42.2. The van der Waals surface area contributed by atoms with Gasteiger partial charge >= 0.3 is 0 Å². The molecule has 15 rings (SSSR count). The number of hydrogen-bond donors (Lipinski definition) is 4. The molecule has 6 atom stereocenters. The van der Waals surface area contributed by atoms with Crippen molar-refractivity contribution in [2.45, 2.75) is 29.7 Å². The van der Waals surface area contributed by atoms with Gasteiger partial charge in [-0.3, -0.25) is 19.7 Å². The molecule has 22 heteroatoms. The molecule has 5 fully saturated rings. The molecule has 9 aromatic rings. The number of nitrogens with two attached hydrogens (primary N) is 2. The average molecular weight is 1080 g/mol. The number of rotatable bonds is 9. The number of anilines is 3. The number of H-pyrrole nitrogens is 2. The Bertz CT molecular complexity index is 3850. The first-order chi connectivity index (χ1) is 37.5. The second-order valence-corrected chi connectivity index (χ2v) is 21.8. The molecular weight excluding hydrogens is 1030 g/mol. The lowest BCUT2D eigenvalue weighted by atomic mass is 9.91. The summed E-state index contributed by atoms with van der Waals surface area (Å²) in [5.41, 5.74) is 19.6. The zero-order chi connectivity index (χ0) is 52.5. The van der Waals surface area contributed by atoms with Crippen LogP contribution in [0.15, 0.2) is 91.4 Å². The molecule has 0 radical (unpaired) electrons. The number of aromatic nitrogens is 10. The molecule has 0 unspecified atom stereocenters. The number of fused-ring (bicyclic) bond motifs is 6. The van der Waals surface area contributed by atoms with Crippen LogP contribution in [0.25, 0.3) is 55.7 Å². The molecule has 2 saturated carbocycles. The van der Waals surface area contributed by atoms with E-state index in [9.17, 15) is 13.6 Å². The zero-order valence-electron chi connectivity index (χ0n) is 41.6. The fourth-order valence-corrected chi connectivity index (χ4v) is 14.0. The van der Waals surface area contributed by atoms with E-state index < -0.39 is 0 Å². The van der Waals surface area contributed by atoms with Crippen molar-refractivity contribution >= 4 is 79.7 Å². The van der Waals surface area contributed by atoms with Crippen LogP contribution in [0, 0.1) is 35.3 Å². The van der Waals surface area contributed by atoms with Gasteiger partial charge in [-0.05, 0) is 84.0 Å². The highest BCUT2D eigenvalue weighted by atomic mass is 35.5. The first-order valence-corrected chi connectivity index (χ1v) is 26.6. The predicted octanol–water partition coefficient (Wildman–Crippen LogP) is 7.61. The summed E-state index contributed by atoms with van der Waals surface area (Å²) in [5, 5.41) is 21.5. The second kappa shape index (κ2) is 18.1. The molecule has 2 aliphatic carbocycles. The Labute approximate surface area is 449 Å². The fraction of sp³-hybridized carbons (Fsp3) is 0.345. The van der Waals surface area contributed by atoms with E-state index in [0.29, 0.717) is 98.9 Å². The SMILES string of the molecule is CN1C(=O)COc2ccc(-c3n[nH]c4nc(N5CC[C@@H]6[C@H](C5)[C@@]6(CN)c5ccccc5F)cnc34)c(Cl)c21.NC[C@]1(c2ccccc2F)[C@@H]2CCN(c3cnc4c(-c5ccc6nn(C7COC7)cc6c5Cl)n[nH]c4n3)C[C@@H]21. The summed E-state index contributed by atoms with van der Waals surface area (Å²) in [5.74, 6) is 2.78. The quantitative estimate of drug-likeness (QED) is 0.109. The number of aromatic amines is 2. The lowest BCUT2D eigenvalue weighted by Gasteiger charge is -2.27. The molecule has 1 amide bonds. The van der Waals surface area contributed by atoms with E-state index in [1.54, 1.807) is 37.6 Å². The number of halogens is 4. The number of carbonyl (C=O) groups is 1. The normalized spacial score (nSPS) is 24.5. The van der Waals surface area contributed by atoms with Crippen LogP contribution in [0.3, 0.4) is 0 Å². The Morgan fingerprint density at radius 2 is 1.27 bits per heavy atom. The third-order valence-electron chi connectivity index (χ3n) is 17.5. The Morgan fingerprint density at radius 1 is 0.727 bits per heavy atom. The fourth-order valence-electron chi connectivity index (χ4n) is 13.3. The van der Waals surface area contributed by atoms with E-state index in [2.05, 4.69) is 35.3 Å². The van der Waals surface area contributed by atoms with Crippen LogP contribution in [0.2, 0.25) is 10.0 Å². The van der Waals surface area contributed by atoms with Gasteiger partial charge in [0.05, 0.1) is 47.2 Å². The van der Waals surface area contributed by atoms with Gasteiger partial charge < -0.3 is 35.6 Å². The summed E-state index contributed by atoms with van der Waals surface area (Å²) in [6.45, 7) is 5.24. The molecule has 6 N–H and O–H groups in total. The summed E-state index contributed by atoms with van der Waals surface area (Å²) in [7, 11) is 1.67. The van der Waals surface area contributed by atoms with Gasteiger partial charge in [-0.1, -0.05) is 59.6 Å². The van der Waals surface area contributed by atoms with Crippen LogP contribution in [-0.4, -0.2) is 122 Å². The minimum absolute atomic E-state index is 0.0242. The molecule has 9 heterocycles. The number of piperidine rings is 2. The average Bonchev–Trinajstić information content (AvgIpc) is 3.96. The van der Waals surface area contributed by atoms with Gasteiger partial charge in [0.2, 0.25) is 0 Å². The summed E-state index contributed by atoms with van der Waals surface area (Å²) in [6.07, 6.45) is 7.33. The Morgan fingerprint density at radius 3 is 1.81 bits per heavy atom. The van der Waals surface area contributed by atoms with Gasteiger partial charge in [0.15, 0.2) is 17.9 Å². The van der Waals surface area contributed by atoms with E-state index in [1.807, 2.05) is 53.3 Å². The van der Waals surface area contributed by atoms with Crippen LogP contribution < -0.4 is 30.9 Å². The minimum atomic E-state index is -0.333. The second-order valence-electron chi connectivity index (χ2n) is 21.0. The van der Waals surface area contributed by atoms with Crippen molar-refractivity contribution in [1.29, 1.82) is 0 Å². The topological polar surface area (TPSA) is 224 Å². The van der Waals surface area contributed by atoms with Gasteiger partial charge in [0, 0.05) is 79.9 Å². The first kappa shape index (κ1) is 48.0. The number of ether oxygens (including phenoxy) is 2. The molecule has 0 spiro atoms. The summed E-state index contributed by atoms with van der Waals surface area (Å²) in [6, 6.07) is 21.7. The van der Waals surface area contributed by atoms with Crippen molar-refractivity contribution in [1.82, 2.24) is 50.1 Å². The van der Waals surface area contributed by atoms with Crippen molar-refractivity contribution < 1.29 is 23.0 Å². The van der Waals surface area contributed by atoms with Crippen LogP contribution in [-0.2, 0) is 20.4 Å². The van der Waals surface area contributed by atoms with Crippen LogP contribution in [0.5, 0.6) is 5.75 Å². The smallest absolute Gasteiger partial charge is 0.264 e. The number of carbonyl (C=O) groups excluding carboxylic acids is 1. The third-order valence-corrected chi connectivity index (χ3v) is 18.3. The van der Waals surface area contributed by atoms with Crippen molar-refractivity contribution in [3.63, 3.8) is 0 Å². The molecule has 4 aliphatic heterocycles. The zero-order valence-corrected chi connectivity index (χ0v) is 43.1. The Hall–Kier alpha value is -7.36. The molecule has 18 nitrogen and oxygen atoms in total. The third kappa shape index (κ3) is 7.35. The van der Waals surface area contributed by atoms with E-state index in [4.69, 9.17) is 64.1 Å². The highest BCUT2D eigenvalue weighted by Gasteiger charge is 2.67. The van der Waals surface area contributed by atoms with E-state index in [-0.39, 0.29) is 52.9 Å². The lowest BCUT2D eigenvalue weighted by Crippen LogP contribution is -2.35. The van der Waals surface area contributed by atoms with Gasteiger partial charge in [-0.15, -0.1) is 0 Å². The van der Waals surface area contributed by atoms with Crippen LogP contribution >= 0.6 is 23.2 Å². The van der Waals surface area contributed by atoms with Gasteiger partial charge in [0.25, 0.3) is 5.91 Å². The number of hydrogen-bond acceptors (Lipinski definition) is 14. The Balaban J connectivity index is 0.000000140. The number of nitrogens with zero attached hydrogens (tertiary/aromatic N) is 11. The van der Waals surface area contributed by atoms with E-state index in [1.165, 1.54) is 17.0 Å². The molecule has 6 aliphatic rings. The van der Waals surface area contributed by atoms with Crippen molar-refractivity contribution in [2.75, 3.05) is 80.8 Å². The monoisotopic (exact) mass is 1080 g/mol. The maximum absolute atomic E-state index is 14.7. The Kier molecular flexibility index (Phi) is 11.3. The van der Waals surface area contributed by atoms with Crippen molar-refractivity contribution in [3.05, 3.63) is 124 Å². The molecular formula is C55H51Cl2F2N15O3. The first-order valence-electron chi connectivity index (χ1n) is 25.8. The lowest BCUT2D eigenvalue weighted by molar-refractivity contribution is -0.120. The molecule has 77 heavy (non-hydrogen) atoms. The van der Waals surface area contributed by atoms with E-state index in [0.717, 1.165) is 78.2 Å². The molecule has 4 aromatic carbocycles. The number of benzene rings is 4. The van der Waals surface area contributed by atoms with Crippen LogP contribution in [0.4, 0.5) is 26.1 Å². The molecule has 5 aromatic heterocycles. The van der Waals surface area contributed by atoms with Gasteiger partial charge in [-0.2, -0.15) is 15.3 Å². The van der Waals surface area contributed by atoms with Gasteiger partial charge in [-0.25, -0.2) is 28.7 Å². The van der Waals surface area contributed by atoms with Crippen molar-refractivity contribution in [2.24, 2.45) is 35.1 Å². The summed E-state index contributed by atoms with van der Waals surface area (Å²) in [4.78, 5) is 37.2. The predicted molar refractivity (Wildman–Crippen MR) is 288 cm³/mol. The number of amides is 1. The standard InChI is InChI=1S/C28H26ClFN8O.C27H25ClFN7O2/c29-24-16(5-6-22-17(24)10-38(36-22)15-12-39-13-15)25-26-27(35-34-25)33-23(9-32-26)37-8-7-18-20(11-37)28(18,14-31)19-3-1-2-4-21(19)30;1-35-21(37)12-38-19-7-6-14(22(28)25(19)35)23-24-26(34-33-23)32-20(10-31-24)36-9-8-15-17(11-36)27(15,13-30)16-4-2-3-5-18(16)29/h1-6,9-10,15,18,20H,7-8,11-14,31H2,(H,33,34,35);2-7,10,15,17H,8-9,11-13,30H2,1H3,(H,32,33,34)/t18-,20+,28-;15-,17+,27-/m11/s1. The largest absolute Gasteiger partial charge is 0.482 e. The van der Waals surface area contributed by atoms with Crippen LogP contribution in [0.1, 0.15) is 30.0 Å². The van der Waals surface area contributed by atoms with Crippen molar-refractivity contribution in [3.8, 4) is 28.3 Å². The maximum atomic E-state index is 14.7. The molecule has 0 bridgehead atoms. The highest BCUT2D eigenvalue weighted by molar-refractivity contribution is 6.38.